The molecule has 0 radical (unpaired) electrons. The van der Waals surface area contributed by atoms with Gasteiger partial charge in [-0.05, 0) is 36.3 Å². The van der Waals surface area contributed by atoms with Crippen molar-refractivity contribution in [1.29, 1.82) is 0 Å². The molecule has 0 aliphatic heterocycles. The number of hydrogen-bond acceptors (Lipinski definition) is 3. The zero-order valence-corrected chi connectivity index (χ0v) is 10.6. The molecule has 1 heterocycles. The van der Waals surface area contributed by atoms with E-state index in [1.165, 1.54) is 0 Å². The van der Waals surface area contributed by atoms with E-state index >= 15 is 0 Å². The third-order valence-electron chi connectivity index (χ3n) is 2.93. The van der Waals surface area contributed by atoms with Crippen molar-refractivity contribution < 1.29 is 4.42 Å². The van der Waals surface area contributed by atoms with Crippen molar-refractivity contribution in [1.82, 2.24) is 4.98 Å². The average Bonchev–Trinajstić information content (AvgIpc) is 2.81. The van der Waals surface area contributed by atoms with Gasteiger partial charge in [0.05, 0.1) is 0 Å². The van der Waals surface area contributed by atoms with Crippen LogP contribution in [-0.2, 0) is 0 Å². The molecule has 1 aromatic heterocycles. The summed E-state index contributed by atoms with van der Waals surface area (Å²) >= 11 is 0. The van der Waals surface area contributed by atoms with Crippen LogP contribution in [0.3, 0.4) is 0 Å². The molecule has 0 atom stereocenters. The highest BCUT2D eigenvalue weighted by molar-refractivity contribution is 5.82. The maximum absolute atomic E-state index is 5.80. The molecule has 2 aromatic carbocycles. The lowest BCUT2D eigenvalue weighted by molar-refractivity contribution is 0.587. The topological polar surface area (TPSA) is 52.0 Å². The van der Waals surface area contributed by atoms with E-state index in [0.29, 0.717) is 11.6 Å². The molecule has 0 bridgehead atoms. The molecule has 3 rings (SSSR count). The smallest absolute Gasteiger partial charge is 0.220 e. The van der Waals surface area contributed by atoms with Crippen molar-refractivity contribution in [3.8, 4) is 0 Å². The van der Waals surface area contributed by atoms with Crippen LogP contribution in [0.4, 0.5) is 5.69 Å². The van der Waals surface area contributed by atoms with E-state index < -0.39 is 0 Å². The van der Waals surface area contributed by atoms with Gasteiger partial charge in [-0.1, -0.05) is 30.3 Å². The van der Waals surface area contributed by atoms with E-state index in [9.17, 15) is 0 Å². The van der Waals surface area contributed by atoms with Gasteiger partial charge in [0.2, 0.25) is 5.89 Å². The average molecular weight is 250 g/mol. The number of oxazole rings is 1. The minimum Gasteiger partial charge on any atom is -0.436 e. The van der Waals surface area contributed by atoms with Crippen molar-refractivity contribution in [3.05, 3.63) is 59.5 Å². The monoisotopic (exact) mass is 250 g/mol. The van der Waals surface area contributed by atoms with E-state index in [0.717, 1.165) is 22.2 Å². The number of nitrogens with zero attached hydrogens (tertiary/aromatic N) is 1. The number of nitrogen functional groups attached to an aromatic ring is 1. The lowest BCUT2D eigenvalue weighted by atomic mass is 10.2. The molecule has 3 heteroatoms. The number of anilines is 1. The summed E-state index contributed by atoms with van der Waals surface area (Å²) in [6.07, 6.45) is 3.84. The third kappa shape index (κ3) is 2.36. The zero-order chi connectivity index (χ0) is 13.2. The Hall–Kier alpha value is -2.55. The Balaban J connectivity index is 1.98. The molecule has 0 aliphatic carbocycles. The fourth-order valence-electron chi connectivity index (χ4n) is 2.05. The van der Waals surface area contributed by atoms with Crippen LogP contribution in [0.15, 0.2) is 46.9 Å². The Labute approximate surface area is 111 Å². The van der Waals surface area contributed by atoms with Crippen LogP contribution in [-0.4, -0.2) is 4.98 Å². The zero-order valence-electron chi connectivity index (χ0n) is 10.6. The van der Waals surface area contributed by atoms with Gasteiger partial charge in [-0.3, -0.25) is 0 Å². The first kappa shape index (κ1) is 11.5. The van der Waals surface area contributed by atoms with Crippen molar-refractivity contribution in [2.45, 2.75) is 6.92 Å². The molecule has 94 valence electrons. The van der Waals surface area contributed by atoms with Crippen molar-refractivity contribution in [2.75, 3.05) is 5.73 Å². The molecule has 0 fully saturated rings. The summed E-state index contributed by atoms with van der Waals surface area (Å²) in [6, 6.07) is 13.8. The largest absolute Gasteiger partial charge is 0.436 e. The number of hydrogen-bond donors (Lipinski definition) is 1. The van der Waals surface area contributed by atoms with Crippen molar-refractivity contribution in [3.63, 3.8) is 0 Å². The molecule has 0 saturated carbocycles. The molecule has 0 saturated heterocycles. The molecular formula is C16H14N2O. The van der Waals surface area contributed by atoms with Crippen LogP contribution in [0.2, 0.25) is 0 Å². The number of aromatic nitrogens is 1. The molecule has 0 spiro atoms. The van der Waals surface area contributed by atoms with Crippen LogP contribution < -0.4 is 5.73 Å². The predicted octanol–water partition coefficient (Wildman–Crippen LogP) is 3.89. The maximum atomic E-state index is 5.80. The molecule has 19 heavy (non-hydrogen) atoms. The van der Waals surface area contributed by atoms with E-state index in [2.05, 4.69) is 4.98 Å². The number of nitrogens with two attached hydrogens (primary N) is 1. The summed E-state index contributed by atoms with van der Waals surface area (Å²) in [5.41, 5.74) is 10.2. The van der Waals surface area contributed by atoms with Gasteiger partial charge in [0.15, 0.2) is 5.58 Å². The molecule has 3 aromatic rings. The summed E-state index contributed by atoms with van der Waals surface area (Å²) in [5.74, 6) is 0.590. The minimum atomic E-state index is 0.590. The Morgan fingerprint density at radius 2 is 1.89 bits per heavy atom. The van der Waals surface area contributed by atoms with Crippen LogP contribution >= 0.6 is 0 Å². The Kier molecular flexibility index (Phi) is 2.80. The SMILES string of the molecule is Cc1cc(N)cc2nc(/C=C/c3ccccc3)oc12. The Morgan fingerprint density at radius 3 is 2.68 bits per heavy atom. The Morgan fingerprint density at radius 1 is 1.11 bits per heavy atom. The highest BCUT2D eigenvalue weighted by Gasteiger charge is 2.06. The van der Waals surface area contributed by atoms with Gasteiger partial charge in [-0.2, -0.15) is 0 Å². The number of rotatable bonds is 2. The molecule has 3 nitrogen and oxygen atoms in total. The van der Waals surface area contributed by atoms with Gasteiger partial charge < -0.3 is 10.2 Å². The summed E-state index contributed by atoms with van der Waals surface area (Å²) < 4.78 is 5.72. The molecule has 0 aliphatic rings. The van der Waals surface area contributed by atoms with E-state index in [-0.39, 0.29) is 0 Å². The summed E-state index contributed by atoms with van der Waals surface area (Å²) in [5, 5.41) is 0. The highest BCUT2D eigenvalue weighted by atomic mass is 16.3. The minimum absolute atomic E-state index is 0.590. The standard InChI is InChI=1S/C16H14N2O/c1-11-9-13(17)10-14-16(11)19-15(18-14)8-7-12-5-3-2-4-6-12/h2-10H,17H2,1H3/b8-7+. The van der Waals surface area contributed by atoms with Crippen molar-refractivity contribution in [2.24, 2.45) is 0 Å². The van der Waals surface area contributed by atoms with Gasteiger partial charge in [0, 0.05) is 11.8 Å². The van der Waals surface area contributed by atoms with Gasteiger partial charge >= 0.3 is 0 Å². The first-order chi connectivity index (χ1) is 9.22. The molecule has 0 unspecified atom stereocenters. The first-order valence-electron chi connectivity index (χ1n) is 6.12. The van der Waals surface area contributed by atoms with Gasteiger partial charge in [-0.25, -0.2) is 4.98 Å². The predicted molar refractivity (Wildman–Crippen MR) is 78.5 cm³/mol. The highest BCUT2D eigenvalue weighted by Crippen LogP contribution is 2.23. The third-order valence-corrected chi connectivity index (χ3v) is 2.93. The molecular weight excluding hydrogens is 236 g/mol. The van der Waals surface area contributed by atoms with Crippen LogP contribution in [0.1, 0.15) is 17.0 Å². The van der Waals surface area contributed by atoms with Crippen LogP contribution in [0.5, 0.6) is 0 Å². The fourth-order valence-corrected chi connectivity index (χ4v) is 2.05. The Bertz CT molecular complexity index is 742. The van der Waals surface area contributed by atoms with Crippen LogP contribution in [0, 0.1) is 6.92 Å². The number of aryl methyl sites for hydroxylation is 1. The normalized spacial score (nSPS) is 11.4. The number of fused-ring (bicyclic) bond motifs is 1. The first-order valence-corrected chi connectivity index (χ1v) is 6.12. The summed E-state index contributed by atoms with van der Waals surface area (Å²) in [7, 11) is 0. The molecule has 0 amide bonds. The van der Waals surface area contributed by atoms with Gasteiger partial charge in [0.25, 0.3) is 0 Å². The second-order valence-corrected chi connectivity index (χ2v) is 4.48. The van der Waals surface area contributed by atoms with Crippen LogP contribution in [0.25, 0.3) is 23.3 Å². The lowest BCUT2D eigenvalue weighted by Crippen LogP contribution is -1.85. The van der Waals surface area contributed by atoms with E-state index in [1.807, 2.05) is 61.5 Å². The second kappa shape index (κ2) is 4.61. The summed E-state index contributed by atoms with van der Waals surface area (Å²) in [6.45, 7) is 1.97. The fraction of sp³-hybridized carbons (Fsp3) is 0.0625. The lowest BCUT2D eigenvalue weighted by Gasteiger charge is -1.94. The number of benzene rings is 2. The van der Waals surface area contributed by atoms with E-state index in [4.69, 9.17) is 10.2 Å². The maximum Gasteiger partial charge on any atom is 0.220 e. The van der Waals surface area contributed by atoms with E-state index in [1.54, 1.807) is 0 Å². The summed E-state index contributed by atoms with van der Waals surface area (Å²) in [4.78, 5) is 4.42. The quantitative estimate of drug-likeness (QED) is 0.702. The van der Waals surface area contributed by atoms with Gasteiger partial charge in [-0.15, -0.1) is 0 Å². The van der Waals surface area contributed by atoms with Crippen molar-refractivity contribution >= 4 is 28.9 Å². The second-order valence-electron chi connectivity index (χ2n) is 4.48. The molecule has 2 N–H and O–H groups in total. The van der Waals surface area contributed by atoms with Gasteiger partial charge in [0.1, 0.15) is 5.52 Å².